The summed E-state index contributed by atoms with van der Waals surface area (Å²) in [5, 5.41) is 7.21. The Morgan fingerprint density at radius 2 is 1.60 bits per heavy atom. The molecule has 3 fully saturated rings. The Balaban J connectivity index is 0.000000598. The molecule has 6 rings (SSSR count). The molecule has 1 saturated carbocycles. The molecule has 0 radical (unpaired) electrons. The first-order valence-electron chi connectivity index (χ1n) is 17.4. The van der Waals surface area contributed by atoms with Gasteiger partial charge in [0.1, 0.15) is 6.04 Å². The predicted octanol–water partition coefficient (Wildman–Crippen LogP) is 5.82. The summed E-state index contributed by atoms with van der Waals surface area (Å²) in [6.07, 6.45) is 11.8. The molecule has 1 aliphatic carbocycles. The number of hydrogen-bond donors (Lipinski definition) is 2. The van der Waals surface area contributed by atoms with Gasteiger partial charge in [-0.05, 0) is 81.1 Å². The number of halogens is 1. The molecule has 2 aromatic carbocycles. The number of benzene rings is 2. The van der Waals surface area contributed by atoms with E-state index in [1.807, 2.05) is 41.3 Å². The number of nitrogens with one attached hydrogen (secondary N) is 2. The number of amides is 2. The molecule has 8 heteroatoms. The minimum absolute atomic E-state index is 0.0117. The molecule has 2 aromatic rings. The summed E-state index contributed by atoms with van der Waals surface area (Å²) in [4.78, 5) is 33.9. The number of fused-ring (bicyclic) bond motifs is 1. The Labute approximate surface area is 276 Å². The first-order chi connectivity index (χ1) is 21.9. The average Bonchev–Trinajstić information content (AvgIpc) is 3.71. The van der Waals surface area contributed by atoms with E-state index in [1.54, 1.807) is 0 Å². The number of likely N-dealkylation sites (tertiary alicyclic amines) is 1. The lowest BCUT2D eigenvalue weighted by atomic mass is 9.85. The van der Waals surface area contributed by atoms with E-state index in [0.717, 1.165) is 31.1 Å². The molecular formula is C37H54ClN5O2. The molecule has 4 aliphatic rings. The molecule has 2 amide bonds. The second-order valence-electron chi connectivity index (χ2n) is 13.7. The molecule has 0 bridgehead atoms. The van der Waals surface area contributed by atoms with Crippen LogP contribution < -0.4 is 10.6 Å². The summed E-state index contributed by atoms with van der Waals surface area (Å²) in [5.41, 5.74) is 3.40. The molecule has 246 valence electrons. The van der Waals surface area contributed by atoms with Gasteiger partial charge in [0.05, 0.1) is 0 Å². The third-order valence-electron chi connectivity index (χ3n) is 10.3. The van der Waals surface area contributed by atoms with Crippen LogP contribution in [0.3, 0.4) is 0 Å². The fourth-order valence-corrected chi connectivity index (χ4v) is 7.71. The van der Waals surface area contributed by atoms with E-state index in [0.29, 0.717) is 37.0 Å². The predicted molar refractivity (Wildman–Crippen MR) is 183 cm³/mol. The number of hydrogen-bond acceptors (Lipinski definition) is 5. The molecule has 0 aromatic heterocycles. The van der Waals surface area contributed by atoms with E-state index in [-0.39, 0.29) is 17.9 Å². The molecule has 3 aliphatic heterocycles. The second-order valence-corrected chi connectivity index (χ2v) is 14.2. The smallest absolute Gasteiger partial charge is 0.245 e. The molecule has 3 unspecified atom stereocenters. The number of carbonyl (C=O) groups is 2. The van der Waals surface area contributed by atoms with Crippen molar-refractivity contribution in [2.75, 3.05) is 46.3 Å². The minimum Gasteiger partial charge on any atom is -0.344 e. The minimum atomic E-state index is -0.596. The molecule has 2 saturated heterocycles. The van der Waals surface area contributed by atoms with Crippen LogP contribution in [0.15, 0.2) is 48.5 Å². The molecule has 0 spiro atoms. The van der Waals surface area contributed by atoms with Crippen molar-refractivity contribution in [2.45, 2.75) is 95.8 Å². The fourth-order valence-electron chi connectivity index (χ4n) is 7.59. The summed E-state index contributed by atoms with van der Waals surface area (Å²) in [6, 6.07) is 15.7. The van der Waals surface area contributed by atoms with Crippen molar-refractivity contribution in [3.05, 3.63) is 70.2 Å². The van der Waals surface area contributed by atoms with Crippen LogP contribution in [0.4, 0.5) is 0 Å². The van der Waals surface area contributed by atoms with Crippen LogP contribution in [-0.4, -0.2) is 84.9 Å². The number of piperazine rings is 1. The van der Waals surface area contributed by atoms with Crippen LogP contribution in [0.25, 0.3) is 0 Å². The zero-order valence-electron chi connectivity index (χ0n) is 27.5. The van der Waals surface area contributed by atoms with Gasteiger partial charge in [-0.2, -0.15) is 0 Å². The fraction of sp³-hybridized carbons (Fsp3) is 0.622. The quantitative estimate of drug-likeness (QED) is 0.364. The van der Waals surface area contributed by atoms with E-state index in [1.165, 1.54) is 75.6 Å². The largest absolute Gasteiger partial charge is 0.344 e. The van der Waals surface area contributed by atoms with Crippen molar-refractivity contribution in [1.82, 2.24) is 25.3 Å². The van der Waals surface area contributed by atoms with E-state index < -0.39 is 6.04 Å². The molecule has 3 heterocycles. The van der Waals surface area contributed by atoms with E-state index in [9.17, 15) is 9.59 Å². The number of rotatable bonds is 9. The zero-order chi connectivity index (χ0) is 31.6. The maximum Gasteiger partial charge on any atom is 0.245 e. The van der Waals surface area contributed by atoms with Crippen molar-refractivity contribution >= 4 is 23.4 Å². The number of nitrogens with zero attached hydrogens (tertiary/aromatic N) is 3. The third-order valence-corrected chi connectivity index (χ3v) is 10.6. The Bertz CT molecular complexity index is 1220. The lowest BCUT2D eigenvalue weighted by Gasteiger charge is -2.40. The van der Waals surface area contributed by atoms with E-state index >= 15 is 0 Å². The van der Waals surface area contributed by atoms with Crippen LogP contribution in [-0.2, 0) is 22.6 Å². The van der Waals surface area contributed by atoms with Crippen molar-refractivity contribution in [3.63, 3.8) is 0 Å². The molecule has 3 atom stereocenters. The monoisotopic (exact) mass is 635 g/mol. The van der Waals surface area contributed by atoms with Crippen molar-refractivity contribution in [2.24, 2.45) is 5.92 Å². The highest BCUT2D eigenvalue weighted by atomic mass is 35.5. The Morgan fingerprint density at radius 1 is 0.911 bits per heavy atom. The van der Waals surface area contributed by atoms with Crippen LogP contribution in [0.1, 0.15) is 87.4 Å². The average molecular weight is 636 g/mol. The van der Waals surface area contributed by atoms with Gasteiger partial charge in [-0.15, -0.1) is 0 Å². The van der Waals surface area contributed by atoms with Crippen LogP contribution >= 0.6 is 11.6 Å². The first-order valence-corrected chi connectivity index (χ1v) is 17.8. The standard InChI is InChI=1S/C32H43ClN4O2.C5H11N/c1-23(19-24-7-3-2-4-8-24)36-15-17-37(18-16-36)32(39)30(20-25-11-13-27(33)14-12-25)35-31(38)21-29-28-10-6-5-9-26(28)22-34-29;1-6-4-2-3-5-6/h5-6,9-14,23-24,29-30,34H,2-4,7-8,15-22H2,1H3,(H,35,38);2-5H2,1H3. The molecular weight excluding hydrogens is 582 g/mol. The summed E-state index contributed by atoms with van der Waals surface area (Å²) < 4.78 is 0. The highest BCUT2D eigenvalue weighted by Gasteiger charge is 2.32. The highest BCUT2D eigenvalue weighted by Crippen LogP contribution is 2.29. The topological polar surface area (TPSA) is 67.9 Å². The lowest BCUT2D eigenvalue weighted by molar-refractivity contribution is -0.138. The Hall–Kier alpha value is -2.45. The third kappa shape index (κ3) is 10.0. The van der Waals surface area contributed by atoms with Gasteiger partial charge in [0.15, 0.2) is 0 Å². The molecule has 45 heavy (non-hydrogen) atoms. The van der Waals surface area contributed by atoms with Gasteiger partial charge in [0.2, 0.25) is 11.8 Å². The van der Waals surface area contributed by atoms with Gasteiger partial charge in [-0.3, -0.25) is 14.5 Å². The van der Waals surface area contributed by atoms with E-state index in [4.69, 9.17) is 11.6 Å². The Morgan fingerprint density at radius 3 is 2.27 bits per heavy atom. The van der Waals surface area contributed by atoms with Gasteiger partial charge >= 0.3 is 0 Å². The second kappa shape index (κ2) is 16.9. The molecule has 7 nitrogen and oxygen atoms in total. The maximum atomic E-state index is 13.8. The number of carbonyl (C=O) groups excluding carboxylic acids is 2. The van der Waals surface area contributed by atoms with Gasteiger partial charge < -0.3 is 20.4 Å². The van der Waals surface area contributed by atoms with Crippen LogP contribution in [0.5, 0.6) is 0 Å². The van der Waals surface area contributed by atoms with Crippen LogP contribution in [0, 0.1) is 5.92 Å². The molecule has 2 N–H and O–H groups in total. The normalized spacial score (nSPS) is 22.3. The summed E-state index contributed by atoms with van der Waals surface area (Å²) in [7, 11) is 2.17. The van der Waals surface area contributed by atoms with Gasteiger partial charge in [0.25, 0.3) is 0 Å². The summed E-state index contributed by atoms with van der Waals surface area (Å²) in [6.45, 7) is 8.96. The maximum absolute atomic E-state index is 13.8. The first kappa shape index (κ1) is 33.9. The zero-order valence-corrected chi connectivity index (χ0v) is 28.2. The van der Waals surface area contributed by atoms with Gasteiger partial charge in [0, 0.05) is 62.7 Å². The van der Waals surface area contributed by atoms with E-state index in [2.05, 4.69) is 46.5 Å². The highest BCUT2D eigenvalue weighted by molar-refractivity contribution is 6.30. The van der Waals surface area contributed by atoms with Crippen molar-refractivity contribution < 1.29 is 9.59 Å². The van der Waals surface area contributed by atoms with Gasteiger partial charge in [-0.1, -0.05) is 80.1 Å². The summed E-state index contributed by atoms with van der Waals surface area (Å²) >= 11 is 6.10. The van der Waals surface area contributed by atoms with Crippen molar-refractivity contribution in [1.29, 1.82) is 0 Å². The van der Waals surface area contributed by atoms with Gasteiger partial charge in [-0.25, -0.2) is 0 Å². The summed E-state index contributed by atoms with van der Waals surface area (Å²) in [5.74, 6) is 0.766. The van der Waals surface area contributed by atoms with Crippen LogP contribution in [0.2, 0.25) is 5.02 Å². The lowest BCUT2D eigenvalue weighted by Crippen LogP contribution is -2.57. The Kier molecular flexibility index (Phi) is 12.7. The SMILES string of the molecule is CC(CC1CCCCC1)N1CCN(C(=O)C(Cc2ccc(Cl)cc2)NC(=O)CC2NCc3ccccc32)CC1.CN1CCCC1. The van der Waals surface area contributed by atoms with Crippen molar-refractivity contribution in [3.8, 4) is 0 Å².